The highest BCUT2D eigenvalue weighted by molar-refractivity contribution is 6.30. The number of carboxylic acids is 1. The largest absolute Gasteiger partial charge is 0.476 e. The van der Waals surface area contributed by atoms with Gasteiger partial charge in [0.05, 0.1) is 5.54 Å². The van der Waals surface area contributed by atoms with Crippen molar-refractivity contribution in [1.82, 2.24) is 15.0 Å². The summed E-state index contributed by atoms with van der Waals surface area (Å²) in [5.41, 5.74) is -0.617. The zero-order valence-electron chi connectivity index (χ0n) is 11.3. The van der Waals surface area contributed by atoms with Gasteiger partial charge in [-0.2, -0.15) is 0 Å². The number of rotatable bonds is 3. The molecule has 0 spiro atoms. The third-order valence-electron chi connectivity index (χ3n) is 2.49. The van der Waals surface area contributed by atoms with Gasteiger partial charge in [0, 0.05) is 5.02 Å². The first-order chi connectivity index (χ1) is 9.29. The van der Waals surface area contributed by atoms with Crippen LogP contribution in [0.1, 0.15) is 31.3 Å². The Morgan fingerprint density at radius 2 is 2.10 bits per heavy atom. The first kappa shape index (κ1) is 14.3. The van der Waals surface area contributed by atoms with Crippen molar-refractivity contribution < 1.29 is 14.6 Å². The average molecular weight is 296 g/mol. The molecule has 0 aliphatic rings. The lowest BCUT2D eigenvalue weighted by atomic mass is 10.1. The number of halogens is 1. The van der Waals surface area contributed by atoms with E-state index in [1.54, 1.807) is 24.3 Å². The predicted octanol–water partition coefficient (Wildman–Crippen LogP) is 3.18. The van der Waals surface area contributed by atoms with Gasteiger partial charge in [-0.05, 0) is 39.0 Å². The molecule has 7 heteroatoms. The molecule has 1 heterocycles. The zero-order valence-corrected chi connectivity index (χ0v) is 12.0. The molecule has 0 amide bonds. The van der Waals surface area contributed by atoms with E-state index in [0.717, 1.165) is 0 Å². The third-order valence-corrected chi connectivity index (χ3v) is 2.72. The second-order valence-electron chi connectivity index (χ2n) is 5.19. The maximum Gasteiger partial charge on any atom is 0.359 e. The second-order valence-corrected chi connectivity index (χ2v) is 5.63. The summed E-state index contributed by atoms with van der Waals surface area (Å²) in [5, 5.41) is 17.5. The minimum Gasteiger partial charge on any atom is -0.476 e. The molecule has 6 nitrogen and oxygen atoms in total. The molecule has 0 bridgehead atoms. The monoisotopic (exact) mass is 295 g/mol. The van der Waals surface area contributed by atoms with Gasteiger partial charge in [0.15, 0.2) is 0 Å². The van der Waals surface area contributed by atoms with Crippen molar-refractivity contribution >= 4 is 17.6 Å². The van der Waals surface area contributed by atoms with Crippen LogP contribution in [-0.2, 0) is 5.54 Å². The number of aromatic nitrogens is 3. The number of benzene rings is 1. The van der Waals surface area contributed by atoms with E-state index < -0.39 is 11.5 Å². The molecule has 0 radical (unpaired) electrons. The number of hydrogen-bond acceptors (Lipinski definition) is 4. The molecular formula is C13H14ClN3O3. The first-order valence-electron chi connectivity index (χ1n) is 5.92. The lowest BCUT2D eigenvalue weighted by Gasteiger charge is -2.19. The van der Waals surface area contributed by atoms with Gasteiger partial charge in [-0.15, -0.1) is 0 Å². The standard InChI is InChI=1S/C13H14ClN3O3/c1-13(2,3)17-10(12(18)19)11(15-16-17)20-9-6-4-5-8(14)7-9/h4-7H,1-3H3,(H,18,19). The van der Waals surface area contributed by atoms with Gasteiger partial charge < -0.3 is 9.84 Å². The Hall–Kier alpha value is -2.08. The van der Waals surface area contributed by atoms with Crippen LogP contribution in [0.3, 0.4) is 0 Å². The smallest absolute Gasteiger partial charge is 0.359 e. The summed E-state index contributed by atoms with van der Waals surface area (Å²) >= 11 is 5.85. The molecule has 1 N–H and O–H groups in total. The van der Waals surface area contributed by atoms with Crippen molar-refractivity contribution in [2.24, 2.45) is 0 Å². The summed E-state index contributed by atoms with van der Waals surface area (Å²) in [6.45, 7) is 5.49. The van der Waals surface area contributed by atoms with Gasteiger partial charge >= 0.3 is 5.97 Å². The molecular weight excluding hydrogens is 282 g/mol. The van der Waals surface area contributed by atoms with Crippen LogP contribution in [0.25, 0.3) is 0 Å². The molecule has 1 aromatic heterocycles. The number of aromatic carboxylic acids is 1. The summed E-state index contributed by atoms with van der Waals surface area (Å²) in [5.74, 6) is -0.808. The molecule has 0 aliphatic carbocycles. The zero-order chi connectivity index (χ0) is 14.9. The predicted molar refractivity (Wildman–Crippen MR) is 73.5 cm³/mol. The van der Waals surface area contributed by atoms with Crippen molar-refractivity contribution in [2.75, 3.05) is 0 Å². The van der Waals surface area contributed by atoms with Crippen LogP contribution in [0.5, 0.6) is 11.6 Å². The lowest BCUT2D eigenvalue weighted by molar-refractivity contribution is 0.0671. The van der Waals surface area contributed by atoms with Gasteiger partial charge in [0.25, 0.3) is 5.88 Å². The minimum absolute atomic E-state index is 0.0605. The van der Waals surface area contributed by atoms with Crippen LogP contribution < -0.4 is 4.74 Å². The highest BCUT2D eigenvalue weighted by atomic mass is 35.5. The fourth-order valence-corrected chi connectivity index (χ4v) is 1.81. The van der Waals surface area contributed by atoms with Crippen molar-refractivity contribution in [1.29, 1.82) is 0 Å². The van der Waals surface area contributed by atoms with E-state index in [1.807, 2.05) is 20.8 Å². The lowest BCUT2D eigenvalue weighted by Crippen LogP contribution is -2.27. The van der Waals surface area contributed by atoms with E-state index in [-0.39, 0.29) is 11.6 Å². The molecule has 1 aromatic carbocycles. The summed E-state index contributed by atoms with van der Waals surface area (Å²) in [6, 6.07) is 6.63. The van der Waals surface area contributed by atoms with E-state index in [2.05, 4.69) is 10.3 Å². The van der Waals surface area contributed by atoms with Gasteiger partial charge in [-0.1, -0.05) is 28.0 Å². The number of carboxylic acid groups (broad SMARTS) is 1. The van der Waals surface area contributed by atoms with Crippen LogP contribution in [-0.4, -0.2) is 26.1 Å². The Bertz CT molecular complexity index is 647. The van der Waals surface area contributed by atoms with Crippen LogP contribution in [0.4, 0.5) is 0 Å². The highest BCUT2D eigenvalue weighted by Crippen LogP contribution is 2.27. The molecule has 2 rings (SSSR count). The fraction of sp³-hybridized carbons (Fsp3) is 0.308. The van der Waals surface area contributed by atoms with Crippen LogP contribution in [0.2, 0.25) is 5.02 Å². The Morgan fingerprint density at radius 3 is 2.65 bits per heavy atom. The molecule has 0 saturated carbocycles. The normalized spacial score (nSPS) is 11.4. The second kappa shape index (κ2) is 5.13. The van der Waals surface area contributed by atoms with E-state index in [9.17, 15) is 9.90 Å². The maximum atomic E-state index is 11.4. The number of carbonyl (C=O) groups is 1. The van der Waals surface area contributed by atoms with E-state index in [0.29, 0.717) is 10.8 Å². The Balaban J connectivity index is 2.43. The molecule has 0 saturated heterocycles. The number of ether oxygens (including phenoxy) is 1. The summed E-state index contributed by atoms with van der Waals surface area (Å²) in [4.78, 5) is 11.4. The third kappa shape index (κ3) is 2.91. The van der Waals surface area contributed by atoms with Crippen LogP contribution >= 0.6 is 11.6 Å². The topological polar surface area (TPSA) is 77.2 Å². The van der Waals surface area contributed by atoms with E-state index in [4.69, 9.17) is 16.3 Å². The van der Waals surface area contributed by atoms with E-state index >= 15 is 0 Å². The molecule has 2 aromatic rings. The van der Waals surface area contributed by atoms with Crippen molar-refractivity contribution in [3.05, 3.63) is 35.0 Å². The summed E-state index contributed by atoms with van der Waals surface area (Å²) in [7, 11) is 0. The van der Waals surface area contributed by atoms with Crippen molar-refractivity contribution in [2.45, 2.75) is 26.3 Å². The van der Waals surface area contributed by atoms with Gasteiger partial charge in [-0.3, -0.25) is 0 Å². The maximum absolute atomic E-state index is 11.4. The minimum atomic E-state index is -1.15. The molecule has 0 atom stereocenters. The molecule has 0 unspecified atom stereocenters. The SMILES string of the molecule is CC(C)(C)n1nnc(Oc2cccc(Cl)c2)c1C(=O)O. The Labute approximate surface area is 120 Å². The highest BCUT2D eigenvalue weighted by Gasteiger charge is 2.28. The average Bonchev–Trinajstić information content (AvgIpc) is 2.72. The number of hydrogen-bond donors (Lipinski definition) is 1. The van der Waals surface area contributed by atoms with Crippen molar-refractivity contribution in [3.63, 3.8) is 0 Å². The quantitative estimate of drug-likeness (QED) is 0.941. The molecule has 0 aliphatic heterocycles. The fourth-order valence-electron chi connectivity index (χ4n) is 1.63. The molecule has 20 heavy (non-hydrogen) atoms. The molecule has 0 fully saturated rings. The van der Waals surface area contributed by atoms with Crippen molar-refractivity contribution in [3.8, 4) is 11.6 Å². The summed E-state index contributed by atoms with van der Waals surface area (Å²) in [6.07, 6.45) is 0. The Morgan fingerprint density at radius 1 is 1.40 bits per heavy atom. The molecule has 106 valence electrons. The van der Waals surface area contributed by atoms with Gasteiger partial charge in [0.2, 0.25) is 5.69 Å². The van der Waals surface area contributed by atoms with Gasteiger partial charge in [0.1, 0.15) is 5.75 Å². The van der Waals surface area contributed by atoms with Crippen LogP contribution in [0.15, 0.2) is 24.3 Å². The first-order valence-corrected chi connectivity index (χ1v) is 6.30. The Kier molecular flexibility index (Phi) is 3.67. The van der Waals surface area contributed by atoms with Gasteiger partial charge in [-0.25, -0.2) is 9.48 Å². The van der Waals surface area contributed by atoms with Crippen LogP contribution in [0, 0.1) is 0 Å². The summed E-state index contributed by atoms with van der Waals surface area (Å²) < 4.78 is 6.78. The van der Waals surface area contributed by atoms with E-state index in [1.165, 1.54) is 4.68 Å². The number of nitrogens with zero attached hydrogens (tertiary/aromatic N) is 3.